The largest absolute Gasteiger partial charge is 0.453 e. The molecular weight excluding hydrogens is 725 g/mol. The van der Waals surface area contributed by atoms with Crippen molar-refractivity contribution < 1.29 is 28.7 Å². The van der Waals surface area contributed by atoms with Crippen LogP contribution in [-0.4, -0.2) is 87.1 Å². The molecule has 4 amide bonds. The normalized spacial score (nSPS) is 17.4. The fourth-order valence-electron chi connectivity index (χ4n) is 7.43. The lowest BCUT2D eigenvalue weighted by atomic mass is 10.0. The lowest BCUT2D eigenvalue weighted by molar-refractivity contribution is -0.135. The van der Waals surface area contributed by atoms with Gasteiger partial charge in [-0.2, -0.15) is 0 Å². The smallest absolute Gasteiger partial charge is 0.407 e. The number of hydrogen-bond donors (Lipinski definition) is 4. The number of alkyl carbamates (subject to hydrolysis) is 2. The Balaban J connectivity index is 1.01. The molecule has 4 N–H and O–H groups in total. The van der Waals surface area contributed by atoms with E-state index in [-0.39, 0.29) is 23.8 Å². The standard InChI is InChI=1S/C43H46N8O6/c1-26(2)36(48-42(54)56-3)40(52)50-22-8-12-34(50)38-44-24-32(46-38)29-18-14-27(15-19-29)28-16-20-30(21-17-28)33-25-45-39(47-33)35-13-9-23-51(35)41(53)37(49-43(55)57-4)31-10-6-5-7-11-31/h5-7,9-11,13-21,24-26,34-37H,8,12,22-23H2,1-4H3,(H,44,46)(H,45,47)(H,48,54)(H,49,55)/t34-,35-,36-,37+/m0/s1. The Morgan fingerprint density at radius 3 is 1.88 bits per heavy atom. The molecule has 1 saturated heterocycles. The van der Waals surface area contributed by atoms with Crippen LogP contribution in [0.2, 0.25) is 0 Å². The molecule has 0 unspecified atom stereocenters. The number of methoxy groups -OCH3 is 2. The van der Waals surface area contributed by atoms with Gasteiger partial charge in [0.2, 0.25) is 5.91 Å². The van der Waals surface area contributed by atoms with Crippen LogP contribution in [0.5, 0.6) is 0 Å². The second kappa shape index (κ2) is 17.0. The van der Waals surface area contributed by atoms with E-state index in [0.717, 1.165) is 46.5 Å². The van der Waals surface area contributed by atoms with Gasteiger partial charge in [-0.05, 0) is 46.6 Å². The number of hydrogen-bond acceptors (Lipinski definition) is 8. The Hall–Kier alpha value is -6.70. The van der Waals surface area contributed by atoms with Crippen LogP contribution in [0.1, 0.15) is 62.0 Å². The molecule has 7 rings (SSSR count). The van der Waals surface area contributed by atoms with Gasteiger partial charge in [-0.1, -0.05) is 105 Å². The number of imidazole rings is 2. The maximum absolute atomic E-state index is 13.8. The zero-order valence-electron chi connectivity index (χ0n) is 32.3. The number of carbonyl (C=O) groups is 4. The van der Waals surface area contributed by atoms with Crippen molar-refractivity contribution in [3.63, 3.8) is 0 Å². The Morgan fingerprint density at radius 2 is 1.28 bits per heavy atom. The minimum atomic E-state index is -0.920. The van der Waals surface area contributed by atoms with E-state index in [4.69, 9.17) is 9.47 Å². The van der Waals surface area contributed by atoms with Crippen molar-refractivity contribution in [1.82, 2.24) is 40.4 Å². The number of H-pyrrole nitrogens is 2. The summed E-state index contributed by atoms with van der Waals surface area (Å²) in [4.78, 5) is 71.1. The third-order valence-electron chi connectivity index (χ3n) is 10.5. The lowest BCUT2D eigenvalue weighted by Crippen LogP contribution is -2.51. The van der Waals surface area contributed by atoms with Gasteiger partial charge in [-0.25, -0.2) is 19.6 Å². The maximum atomic E-state index is 13.8. The van der Waals surface area contributed by atoms with E-state index in [1.807, 2.05) is 68.5 Å². The van der Waals surface area contributed by atoms with Crippen LogP contribution in [0.3, 0.4) is 0 Å². The summed E-state index contributed by atoms with van der Waals surface area (Å²) in [5.74, 6) is 0.796. The summed E-state index contributed by atoms with van der Waals surface area (Å²) in [5.41, 5.74) is 6.29. The molecule has 3 aromatic carbocycles. The predicted octanol–water partition coefficient (Wildman–Crippen LogP) is 6.71. The molecule has 2 aromatic heterocycles. The van der Waals surface area contributed by atoms with Crippen molar-refractivity contribution in [3.8, 4) is 33.6 Å². The first-order valence-electron chi connectivity index (χ1n) is 19.0. The van der Waals surface area contributed by atoms with Gasteiger partial charge < -0.3 is 39.9 Å². The number of carbonyl (C=O) groups excluding carboxylic acids is 4. The monoisotopic (exact) mass is 770 g/mol. The van der Waals surface area contributed by atoms with Crippen molar-refractivity contribution in [2.75, 3.05) is 27.3 Å². The van der Waals surface area contributed by atoms with E-state index in [1.165, 1.54) is 14.2 Å². The zero-order valence-corrected chi connectivity index (χ0v) is 32.3. The van der Waals surface area contributed by atoms with Crippen LogP contribution in [0, 0.1) is 5.92 Å². The summed E-state index contributed by atoms with van der Waals surface area (Å²) >= 11 is 0. The van der Waals surface area contributed by atoms with Crippen molar-refractivity contribution in [3.05, 3.63) is 121 Å². The summed E-state index contributed by atoms with van der Waals surface area (Å²) in [6.07, 6.45) is 7.70. The topological polar surface area (TPSA) is 175 Å². The molecule has 0 spiro atoms. The molecule has 0 radical (unpaired) electrons. The summed E-state index contributed by atoms with van der Waals surface area (Å²) in [7, 11) is 2.55. The SMILES string of the molecule is COC(=O)N[C@H](C(=O)N1CCC[C@H]1c1ncc(-c2ccc(-c3ccc(-c4cnc([C@@H]5C=CCN5C(=O)[C@H](NC(=O)OC)c5ccccc5)[nH]4)cc3)cc2)[nH]1)C(C)C. The van der Waals surface area contributed by atoms with Crippen molar-refractivity contribution in [2.45, 2.75) is 50.9 Å². The first-order valence-corrected chi connectivity index (χ1v) is 19.0. The maximum Gasteiger partial charge on any atom is 0.407 e. The number of benzene rings is 3. The average Bonchev–Trinajstić information content (AvgIpc) is 4.09. The molecule has 0 aliphatic carbocycles. The molecule has 2 aliphatic rings. The van der Waals surface area contributed by atoms with Gasteiger partial charge in [0, 0.05) is 13.1 Å². The number of amides is 4. The van der Waals surface area contributed by atoms with Gasteiger partial charge in [0.15, 0.2) is 0 Å². The van der Waals surface area contributed by atoms with Crippen LogP contribution in [0.25, 0.3) is 33.6 Å². The molecule has 294 valence electrons. The van der Waals surface area contributed by atoms with Gasteiger partial charge in [0.05, 0.1) is 44.0 Å². The molecule has 2 aliphatic heterocycles. The van der Waals surface area contributed by atoms with Crippen molar-refractivity contribution in [2.24, 2.45) is 5.92 Å². The lowest BCUT2D eigenvalue weighted by Gasteiger charge is -2.30. The fourth-order valence-corrected chi connectivity index (χ4v) is 7.43. The molecule has 4 atom stereocenters. The van der Waals surface area contributed by atoms with E-state index < -0.39 is 30.3 Å². The molecule has 14 nitrogen and oxygen atoms in total. The van der Waals surface area contributed by atoms with Crippen LogP contribution >= 0.6 is 0 Å². The van der Waals surface area contributed by atoms with Crippen molar-refractivity contribution in [1.29, 1.82) is 0 Å². The molecule has 0 saturated carbocycles. The highest BCUT2D eigenvalue weighted by atomic mass is 16.5. The molecule has 14 heteroatoms. The third-order valence-corrected chi connectivity index (χ3v) is 10.5. The van der Waals surface area contributed by atoms with Gasteiger partial charge in [-0.15, -0.1) is 0 Å². The van der Waals surface area contributed by atoms with Crippen LogP contribution in [0.4, 0.5) is 9.59 Å². The summed E-state index contributed by atoms with van der Waals surface area (Å²) in [6.45, 7) is 4.75. The Kier molecular flexibility index (Phi) is 11.5. The number of ether oxygens (including phenoxy) is 2. The minimum absolute atomic E-state index is 0.110. The number of aromatic amines is 2. The first kappa shape index (κ1) is 38.6. The average molecular weight is 771 g/mol. The highest BCUT2D eigenvalue weighted by Gasteiger charge is 2.38. The second-order valence-electron chi connectivity index (χ2n) is 14.4. The van der Waals surface area contributed by atoms with Gasteiger partial charge >= 0.3 is 12.2 Å². The number of likely N-dealkylation sites (tertiary alicyclic amines) is 1. The third kappa shape index (κ3) is 8.30. The van der Waals surface area contributed by atoms with Gasteiger partial charge in [0.25, 0.3) is 5.91 Å². The second-order valence-corrected chi connectivity index (χ2v) is 14.4. The fraction of sp³-hybridized carbons (Fsp3) is 0.302. The first-order chi connectivity index (χ1) is 27.6. The van der Waals surface area contributed by atoms with Gasteiger partial charge in [-0.3, -0.25) is 9.59 Å². The van der Waals surface area contributed by atoms with E-state index in [1.54, 1.807) is 34.3 Å². The summed E-state index contributed by atoms with van der Waals surface area (Å²) < 4.78 is 9.56. The highest BCUT2D eigenvalue weighted by Crippen LogP contribution is 2.34. The number of aromatic nitrogens is 4. The van der Waals surface area contributed by atoms with E-state index in [2.05, 4.69) is 54.8 Å². The molecule has 0 bridgehead atoms. The summed E-state index contributed by atoms with van der Waals surface area (Å²) in [6, 6.07) is 23.2. The Bertz CT molecular complexity index is 2230. The number of nitrogens with one attached hydrogen (secondary N) is 4. The van der Waals surface area contributed by atoms with Crippen LogP contribution < -0.4 is 10.6 Å². The summed E-state index contributed by atoms with van der Waals surface area (Å²) in [5, 5.41) is 5.37. The van der Waals surface area contributed by atoms with Crippen LogP contribution in [-0.2, 0) is 19.1 Å². The Labute approximate surface area is 330 Å². The number of rotatable bonds is 11. The highest BCUT2D eigenvalue weighted by molar-refractivity contribution is 5.88. The van der Waals surface area contributed by atoms with Gasteiger partial charge in [0.1, 0.15) is 29.8 Å². The van der Waals surface area contributed by atoms with E-state index in [0.29, 0.717) is 30.3 Å². The van der Waals surface area contributed by atoms with Crippen molar-refractivity contribution >= 4 is 24.0 Å². The minimum Gasteiger partial charge on any atom is -0.453 e. The van der Waals surface area contributed by atoms with E-state index >= 15 is 0 Å². The molecule has 57 heavy (non-hydrogen) atoms. The Morgan fingerprint density at radius 1 is 0.719 bits per heavy atom. The van der Waals surface area contributed by atoms with E-state index in [9.17, 15) is 19.2 Å². The molecule has 5 aromatic rings. The molecule has 4 heterocycles. The quantitative estimate of drug-likeness (QED) is 0.107. The number of nitrogens with zero attached hydrogens (tertiary/aromatic N) is 4. The zero-order chi connectivity index (χ0) is 40.1. The van der Waals surface area contributed by atoms with Crippen LogP contribution in [0.15, 0.2) is 103 Å². The predicted molar refractivity (Wildman–Crippen MR) is 213 cm³/mol. The molecule has 1 fully saturated rings. The molecular formula is C43H46N8O6.